The zero-order chi connectivity index (χ0) is 14.8. The van der Waals surface area contributed by atoms with Gasteiger partial charge in [0.2, 0.25) is 10.0 Å². The third-order valence-corrected chi connectivity index (χ3v) is 4.16. The van der Waals surface area contributed by atoms with Crippen molar-refractivity contribution >= 4 is 15.8 Å². The van der Waals surface area contributed by atoms with Gasteiger partial charge in [0, 0.05) is 13.2 Å². The molecule has 0 radical (unpaired) electrons. The first kappa shape index (κ1) is 14.4. The van der Waals surface area contributed by atoms with Gasteiger partial charge in [-0.15, -0.1) is 0 Å². The average Bonchev–Trinajstić information content (AvgIpc) is 2.83. The highest BCUT2D eigenvalue weighted by atomic mass is 32.2. The Labute approximate surface area is 117 Å². The zero-order valence-corrected chi connectivity index (χ0v) is 12.0. The number of Topliss-reactive ketones (excluding diaryl/α,β-unsaturated/α-hetero) is 1. The molecular formula is C13H15N3O3S. The second-order valence-electron chi connectivity index (χ2n) is 4.49. The van der Waals surface area contributed by atoms with E-state index in [0.717, 1.165) is 5.56 Å². The number of imidazole rings is 1. The van der Waals surface area contributed by atoms with E-state index in [4.69, 9.17) is 0 Å². The molecule has 0 aliphatic rings. The van der Waals surface area contributed by atoms with Crippen LogP contribution in [0.5, 0.6) is 0 Å². The van der Waals surface area contributed by atoms with Crippen LogP contribution in [-0.2, 0) is 17.1 Å². The van der Waals surface area contributed by atoms with Gasteiger partial charge in [0.05, 0.1) is 17.8 Å². The van der Waals surface area contributed by atoms with Gasteiger partial charge in [-0.3, -0.25) is 4.79 Å². The van der Waals surface area contributed by atoms with Crippen LogP contribution in [0.2, 0.25) is 0 Å². The molecule has 6 nitrogen and oxygen atoms in total. The lowest BCUT2D eigenvalue weighted by Crippen LogP contribution is -2.29. The Morgan fingerprint density at radius 1 is 1.30 bits per heavy atom. The van der Waals surface area contributed by atoms with E-state index in [1.807, 2.05) is 6.92 Å². The Kier molecular flexibility index (Phi) is 4.01. The first-order chi connectivity index (χ1) is 9.38. The van der Waals surface area contributed by atoms with Gasteiger partial charge >= 0.3 is 0 Å². The second kappa shape index (κ2) is 5.56. The number of carbonyl (C=O) groups is 1. The quantitative estimate of drug-likeness (QED) is 0.830. The lowest BCUT2D eigenvalue weighted by atomic mass is 10.2. The van der Waals surface area contributed by atoms with Gasteiger partial charge in [0.15, 0.2) is 5.78 Å². The molecule has 0 bridgehead atoms. The average molecular weight is 293 g/mol. The van der Waals surface area contributed by atoms with Gasteiger partial charge in [0.25, 0.3) is 0 Å². The van der Waals surface area contributed by atoms with Gasteiger partial charge in [-0.25, -0.2) is 18.1 Å². The molecule has 1 N–H and O–H groups in total. The van der Waals surface area contributed by atoms with E-state index in [2.05, 4.69) is 9.71 Å². The normalized spacial score (nSPS) is 11.5. The molecule has 1 aromatic carbocycles. The summed E-state index contributed by atoms with van der Waals surface area (Å²) < 4.78 is 27.9. The zero-order valence-electron chi connectivity index (χ0n) is 11.2. The summed E-state index contributed by atoms with van der Waals surface area (Å²) in [6.07, 6.45) is 3.03. The number of rotatable bonds is 5. The van der Waals surface area contributed by atoms with Crippen molar-refractivity contribution in [3.05, 3.63) is 48.0 Å². The van der Waals surface area contributed by atoms with E-state index in [1.165, 1.54) is 18.5 Å². The molecule has 0 saturated heterocycles. The first-order valence-corrected chi connectivity index (χ1v) is 7.44. The van der Waals surface area contributed by atoms with E-state index in [1.54, 1.807) is 29.9 Å². The summed E-state index contributed by atoms with van der Waals surface area (Å²) in [6, 6.07) is 6.41. The molecule has 0 aliphatic carbocycles. The van der Waals surface area contributed by atoms with Crippen molar-refractivity contribution < 1.29 is 13.2 Å². The number of carbonyl (C=O) groups excluding carboxylic acids is 1. The highest BCUT2D eigenvalue weighted by Gasteiger charge is 2.16. The topological polar surface area (TPSA) is 81.1 Å². The standard InChI is InChI=1S/C13H15N3O3S/c1-10-3-5-11(6-4-10)20(18,19)15-7-13(17)12-8-16(2)9-14-12/h3-6,8-9,15H,7H2,1-2H3. The number of ketones is 1. The Morgan fingerprint density at radius 3 is 2.50 bits per heavy atom. The molecule has 20 heavy (non-hydrogen) atoms. The van der Waals surface area contributed by atoms with Crippen LogP contribution in [0.3, 0.4) is 0 Å². The van der Waals surface area contributed by atoms with Gasteiger partial charge in [-0.05, 0) is 19.1 Å². The van der Waals surface area contributed by atoms with Crippen LogP contribution < -0.4 is 4.72 Å². The predicted molar refractivity (Wildman–Crippen MR) is 73.9 cm³/mol. The maximum Gasteiger partial charge on any atom is 0.240 e. The van der Waals surface area contributed by atoms with Crippen LogP contribution in [0.25, 0.3) is 0 Å². The lowest BCUT2D eigenvalue weighted by Gasteiger charge is -2.05. The van der Waals surface area contributed by atoms with Gasteiger partial charge in [-0.2, -0.15) is 0 Å². The third-order valence-electron chi connectivity index (χ3n) is 2.74. The molecule has 106 valence electrons. The number of hydrogen-bond donors (Lipinski definition) is 1. The number of benzene rings is 1. The molecule has 2 aromatic rings. The van der Waals surface area contributed by atoms with Crippen molar-refractivity contribution in [3.63, 3.8) is 0 Å². The SMILES string of the molecule is Cc1ccc(S(=O)(=O)NCC(=O)c2cn(C)cn2)cc1. The summed E-state index contributed by atoms with van der Waals surface area (Å²) in [5.74, 6) is -0.374. The van der Waals surface area contributed by atoms with Crippen molar-refractivity contribution in [3.8, 4) is 0 Å². The fourth-order valence-corrected chi connectivity index (χ4v) is 2.59. The largest absolute Gasteiger partial charge is 0.340 e. The number of aromatic nitrogens is 2. The summed E-state index contributed by atoms with van der Waals surface area (Å²) in [5.41, 5.74) is 1.20. The summed E-state index contributed by atoms with van der Waals surface area (Å²) >= 11 is 0. The van der Waals surface area contributed by atoms with Crippen LogP contribution in [0, 0.1) is 6.92 Å². The van der Waals surface area contributed by atoms with Gasteiger partial charge in [0.1, 0.15) is 5.69 Å². The van der Waals surface area contributed by atoms with E-state index >= 15 is 0 Å². The van der Waals surface area contributed by atoms with E-state index in [9.17, 15) is 13.2 Å². The van der Waals surface area contributed by atoms with Crippen LogP contribution >= 0.6 is 0 Å². The van der Waals surface area contributed by atoms with Crippen molar-refractivity contribution in [1.29, 1.82) is 0 Å². The van der Waals surface area contributed by atoms with Crippen molar-refractivity contribution in [2.45, 2.75) is 11.8 Å². The highest BCUT2D eigenvalue weighted by molar-refractivity contribution is 7.89. The van der Waals surface area contributed by atoms with Crippen molar-refractivity contribution in [1.82, 2.24) is 14.3 Å². The summed E-state index contributed by atoms with van der Waals surface area (Å²) in [7, 11) is -1.94. The molecule has 7 heteroatoms. The fourth-order valence-electron chi connectivity index (χ4n) is 1.61. The Hall–Kier alpha value is -1.99. The highest BCUT2D eigenvalue weighted by Crippen LogP contribution is 2.09. The number of nitrogens with zero attached hydrogens (tertiary/aromatic N) is 2. The number of aryl methyl sites for hydroxylation is 2. The summed E-state index contributed by atoms with van der Waals surface area (Å²) in [4.78, 5) is 15.8. The summed E-state index contributed by atoms with van der Waals surface area (Å²) in [5, 5.41) is 0. The minimum absolute atomic E-state index is 0.136. The molecular weight excluding hydrogens is 278 g/mol. The smallest absolute Gasteiger partial charge is 0.240 e. The third kappa shape index (κ3) is 3.31. The predicted octanol–water partition coefficient (Wildman–Crippen LogP) is 0.890. The van der Waals surface area contributed by atoms with Gasteiger partial charge < -0.3 is 4.57 Å². The molecule has 0 unspecified atom stereocenters. The number of nitrogens with one attached hydrogen (secondary N) is 1. The second-order valence-corrected chi connectivity index (χ2v) is 6.25. The lowest BCUT2D eigenvalue weighted by molar-refractivity contribution is 0.0992. The molecule has 0 spiro atoms. The van der Waals surface area contributed by atoms with Crippen LogP contribution in [0.15, 0.2) is 41.7 Å². The van der Waals surface area contributed by atoms with Crippen LogP contribution in [0.4, 0.5) is 0 Å². The fraction of sp³-hybridized carbons (Fsp3) is 0.231. The van der Waals surface area contributed by atoms with Gasteiger partial charge in [-0.1, -0.05) is 17.7 Å². The minimum atomic E-state index is -3.68. The van der Waals surface area contributed by atoms with Crippen LogP contribution in [0.1, 0.15) is 16.1 Å². The molecule has 2 rings (SSSR count). The van der Waals surface area contributed by atoms with Crippen molar-refractivity contribution in [2.75, 3.05) is 6.54 Å². The molecule has 0 atom stereocenters. The first-order valence-electron chi connectivity index (χ1n) is 5.96. The molecule has 1 aromatic heterocycles. The Morgan fingerprint density at radius 2 is 1.95 bits per heavy atom. The van der Waals surface area contributed by atoms with E-state index < -0.39 is 10.0 Å². The van der Waals surface area contributed by atoms with Crippen LogP contribution in [-0.4, -0.2) is 30.3 Å². The molecule has 1 heterocycles. The summed E-state index contributed by atoms with van der Waals surface area (Å²) in [6.45, 7) is 1.56. The van der Waals surface area contributed by atoms with E-state index in [0.29, 0.717) is 0 Å². The van der Waals surface area contributed by atoms with Crippen molar-refractivity contribution in [2.24, 2.45) is 7.05 Å². The molecule has 0 fully saturated rings. The Balaban J connectivity index is 2.06. The molecule has 0 saturated carbocycles. The molecule has 0 amide bonds. The number of sulfonamides is 1. The monoisotopic (exact) mass is 293 g/mol. The minimum Gasteiger partial charge on any atom is -0.340 e. The number of hydrogen-bond acceptors (Lipinski definition) is 4. The Bertz CT molecular complexity index is 718. The maximum atomic E-state index is 12.0. The molecule has 0 aliphatic heterocycles. The maximum absolute atomic E-state index is 12.0. The van der Waals surface area contributed by atoms with E-state index in [-0.39, 0.29) is 22.9 Å².